The number of fused-ring (bicyclic) bond motifs is 1. The Bertz CT molecular complexity index is 1230. The van der Waals surface area contributed by atoms with Crippen molar-refractivity contribution >= 4 is 80.4 Å². The fraction of sp³-hybridized carbons (Fsp3) is 0. The van der Waals surface area contributed by atoms with E-state index in [1.165, 1.54) is 24.5 Å². The Labute approximate surface area is 177 Å². The quantitative estimate of drug-likeness (QED) is 0.446. The predicted octanol–water partition coefficient (Wildman–Crippen LogP) is 5.99. The van der Waals surface area contributed by atoms with Crippen molar-refractivity contribution in [3.05, 3.63) is 78.4 Å². The van der Waals surface area contributed by atoms with Gasteiger partial charge in [0.2, 0.25) is 0 Å². The van der Waals surface area contributed by atoms with Gasteiger partial charge in [0.25, 0.3) is 11.1 Å². The molecule has 28 heavy (non-hydrogen) atoms. The topological polar surface area (TPSA) is 67.6 Å². The number of hydrogen-bond acceptors (Lipinski definition) is 5. The maximum absolute atomic E-state index is 12.7. The molecule has 3 aromatic rings. The lowest BCUT2D eigenvalue weighted by Gasteiger charge is -2.12. The largest absolute Gasteiger partial charge is 0.462 e. The lowest BCUT2D eigenvalue weighted by atomic mass is 10.1. The van der Waals surface area contributed by atoms with Crippen LogP contribution in [0.15, 0.2) is 56.8 Å². The fourth-order valence-corrected chi connectivity index (χ4v) is 4.20. The number of anilines is 1. The van der Waals surface area contributed by atoms with E-state index in [0.717, 1.165) is 16.7 Å². The molecule has 2 heterocycles. The Morgan fingerprint density at radius 3 is 2.39 bits per heavy atom. The second-order valence-electron chi connectivity index (χ2n) is 5.78. The number of thioether (sulfide) groups is 1. The minimum absolute atomic E-state index is 0.0970. The van der Waals surface area contributed by atoms with E-state index in [1.54, 1.807) is 24.3 Å². The zero-order valence-electron chi connectivity index (χ0n) is 13.7. The van der Waals surface area contributed by atoms with E-state index in [2.05, 4.69) is 0 Å². The summed E-state index contributed by atoms with van der Waals surface area (Å²) in [6.45, 7) is 0. The minimum atomic E-state index is -0.541. The summed E-state index contributed by atoms with van der Waals surface area (Å²) in [5, 5.41) is 0.676. The third-order valence-corrected chi connectivity index (χ3v) is 5.60. The van der Waals surface area contributed by atoms with E-state index in [1.807, 2.05) is 0 Å². The Kier molecular flexibility index (Phi) is 4.97. The van der Waals surface area contributed by atoms with Crippen molar-refractivity contribution in [3.8, 4) is 0 Å². The van der Waals surface area contributed by atoms with Crippen LogP contribution >= 0.6 is 46.6 Å². The van der Waals surface area contributed by atoms with Crippen LogP contribution in [0.1, 0.15) is 5.56 Å². The van der Waals surface area contributed by atoms with Crippen molar-refractivity contribution in [1.29, 1.82) is 0 Å². The Balaban J connectivity index is 1.76. The lowest BCUT2D eigenvalue weighted by Crippen LogP contribution is -2.27. The van der Waals surface area contributed by atoms with Crippen LogP contribution in [0.2, 0.25) is 15.1 Å². The number of carbonyl (C=O) groups is 2. The molecule has 0 atom stereocenters. The summed E-state index contributed by atoms with van der Waals surface area (Å²) in [6, 6.07) is 9.19. The molecule has 0 N–H and O–H groups in total. The Morgan fingerprint density at radius 1 is 0.964 bits per heavy atom. The summed E-state index contributed by atoms with van der Waals surface area (Å²) in [5.74, 6) is -0.541. The average molecular weight is 453 g/mol. The predicted molar refractivity (Wildman–Crippen MR) is 112 cm³/mol. The molecule has 0 bridgehead atoms. The number of carbonyl (C=O) groups excluding carboxylic acids is 2. The van der Waals surface area contributed by atoms with Gasteiger partial charge in [-0.2, -0.15) is 0 Å². The molecule has 1 aliphatic heterocycles. The van der Waals surface area contributed by atoms with Gasteiger partial charge < -0.3 is 4.42 Å². The average Bonchev–Trinajstić information content (AvgIpc) is 2.92. The first-order chi connectivity index (χ1) is 13.3. The number of benzene rings is 2. The van der Waals surface area contributed by atoms with Crippen LogP contribution < -0.4 is 10.3 Å². The summed E-state index contributed by atoms with van der Waals surface area (Å²) in [6.07, 6.45) is 2.52. The van der Waals surface area contributed by atoms with Gasteiger partial charge in [-0.3, -0.25) is 14.4 Å². The van der Waals surface area contributed by atoms with E-state index in [9.17, 15) is 14.4 Å². The first kappa shape index (κ1) is 19.1. The SMILES string of the molecule is O=C1S/C(=C/c2coc3c(Cl)cc(Cl)cc3c2=O)C(=O)N1c1ccc(Cl)cc1. The minimum Gasteiger partial charge on any atom is -0.462 e. The zero-order valence-corrected chi connectivity index (χ0v) is 16.8. The molecule has 2 aromatic carbocycles. The van der Waals surface area contributed by atoms with Crippen LogP contribution in [0.4, 0.5) is 10.5 Å². The van der Waals surface area contributed by atoms with Crippen molar-refractivity contribution in [2.24, 2.45) is 0 Å². The molecule has 1 aliphatic rings. The molecule has 2 amide bonds. The van der Waals surface area contributed by atoms with E-state index in [-0.39, 0.29) is 31.5 Å². The molecule has 1 fully saturated rings. The van der Waals surface area contributed by atoms with Gasteiger partial charge in [0.05, 0.1) is 26.6 Å². The molecule has 0 unspecified atom stereocenters. The zero-order chi connectivity index (χ0) is 20.0. The smallest absolute Gasteiger partial charge is 0.298 e. The maximum atomic E-state index is 12.7. The lowest BCUT2D eigenvalue weighted by molar-refractivity contribution is -0.113. The van der Waals surface area contributed by atoms with Gasteiger partial charge in [-0.1, -0.05) is 34.8 Å². The highest BCUT2D eigenvalue weighted by Crippen LogP contribution is 2.36. The van der Waals surface area contributed by atoms with Gasteiger partial charge in [-0.05, 0) is 54.2 Å². The summed E-state index contributed by atoms with van der Waals surface area (Å²) < 4.78 is 5.44. The number of nitrogens with zero attached hydrogens (tertiary/aromatic N) is 1. The molecule has 5 nitrogen and oxygen atoms in total. The molecule has 0 saturated carbocycles. The van der Waals surface area contributed by atoms with Crippen LogP contribution in [0.3, 0.4) is 0 Å². The van der Waals surface area contributed by atoms with Gasteiger partial charge in [-0.15, -0.1) is 0 Å². The van der Waals surface area contributed by atoms with Crippen molar-refractivity contribution < 1.29 is 14.0 Å². The highest BCUT2D eigenvalue weighted by molar-refractivity contribution is 8.19. The van der Waals surface area contributed by atoms with E-state index >= 15 is 0 Å². The highest BCUT2D eigenvalue weighted by atomic mass is 35.5. The number of hydrogen-bond donors (Lipinski definition) is 0. The fourth-order valence-electron chi connectivity index (χ4n) is 2.70. The molecule has 4 rings (SSSR count). The normalized spacial score (nSPS) is 15.8. The van der Waals surface area contributed by atoms with E-state index < -0.39 is 16.6 Å². The summed E-state index contributed by atoms with van der Waals surface area (Å²) >= 11 is 18.6. The molecule has 9 heteroatoms. The van der Waals surface area contributed by atoms with Crippen molar-refractivity contribution in [1.82, 2.24) is 0 Å². The third kappa shape index (κ3) is 3.33. The second-order valence-corrected chi connectivity index (χ2v) is 8.05. The summed E-state index contributed by atoms with van der Waals surface area (Å²) in [4.78, 5) is 38.9. The monoisotopic (exact) mass is 451 g/mol. The van der Waals surface area contributed by atoms with Crippen LogP contribution in [0.5, 0.6) is 0 Å². The molecule has 0 spiro atoms. The van der Waals surface area contributed by atoms with Gasteiger partial charge in [0, 0.05) is 10.0 Å². The Morgan fingerprint density at radius 2 is 1.68 bits per heavy atom. The van der Waals surface area contributed by atoms with Gasteiger partial charge in [0.15, 0.2) is 11.0 Å². The molecular formula is C19H8Cl3NO4S. The number of amides is 2. The Hall–Kier alpha value is -2.25. The van der Waals surface area contributed by atoms with Crippen molar-refractivity contribution in [2.45, 2.75) is 0 Å². The second kappa shape index (κ2) is 7.29. The third-order valence-electron chi connectivity index (χ3n) is 3.98. The molecule has 0 aliphatic carbocycles. The molecular weight excluding hydrogens is 445 g/mol. The molecule has 1 aromatic heterocycles. The highest BCUT2D eigenvalue weighted by Gasteiger charge is 2.36. The van der Waals surface area contributed by atoms with Gasteiger partial charge in [-0.25, -0.2) is 4.90 Å². The van der Waals surface area contributed by atoms with Crippen LogP contribution in [-0.4, -0.2) is 11.1 Å². The summed E-state index contributed by atoms with van der Waals surface area (Å²) in [7, 11) is 0. The van der Waals surface area contributed by atoms with Gasteiger partial charge in [0.1, 0.15) is 6.26 Å². The van der Waals surface area contributed by atoms with Crippen LogP contribution in [0.25, 0.3) is 17.0 Å². The maximum Gasteiger partial charge on any atom is 0.298 e. The van der Waals surface area contributed by atoms with Crippen molar-refractivity contribution in [2.75, 3.05) is 4.90 Å². The molecule has 1 saturated heterocycles. The summed E-state index contributed by atoms with van der Waals surface area (Å²) in [5.41, 5.74) is 0.276. The standard InChI is InChI=1S/C19H8Cl3NO4S/c20-10-1-3-12(4-2-10)23-18(25)15(28-19(23)26)5-9-8-27-17-13(16(9)24)6-11(21)7-14(17)22/h1-8H/b15-5+. The number of halogens is 3. The molecule has 140 valence electrons. The van der Waals surface area contributed by atoms with Crippen LogP contribution in [-0.2, 0) is 4.79 Å². The first-order valence-electron chi connectivity index (χ1n) is 7.79. The van der Waals surface area contributed by atoms with Gasteiger partial charge >= 0.3 is 0 Å². The van der Waals surface area contributed by atoms with E-state index in [4.69, 9.17) is 39.2 Å². The van der Waals surface area contributed by atoms with Crippen LogP contribution in [0, 0.1) is 0 Å². The first-order valence-corrected chi connectivity index (χ1v) is 9.74. The van der Waals surface area contributed by atoms with E-state index in [0.29, 0.717) is 10.7 Å². The molecule has 0 radical (unpaired) electrons. The van der Waals surface area contributed by atoms with Crippen molar-refractivity contribution in [3.63, 3.8) is 0 Å². The number of rotatable bonds is 2. The number of imide groups is 1.